The van der Waals surface area contributed by atoms with Crippen LogP contribution in [0.3, 0.4) is 0 Å². The highest BCUT2D eigenvalue weighted by Crippen LogP contribution is 2.33. The van der Waals surface area contributed by atoms with Crippen LogP contribution in [0, 0.1) is 11.8 Å². The molecule has 3 nitrogen and oxygen atoms in total. The van der Waals surface area contributed by atoms with E-state index >= 15 is 0 Å². The zero-order valence-corrected chi connectivity index (χ0v) is 8.91. The van der Waals surface area contributed by atoms with E-state index in [1.807, 2.05) is 4.90 Å². The van der Waals surface area contributed by atoms with Crippen LogP contribution in [0.2, 0.25) is 0 Å². The maximum Gasteiger partial charge on any atom is 0.226 e. The van der Waals surface area contributed by atoms with E-state index in [-0.39, 0.29) is 6.04 Å². The Labute approximate surface area is 85.6 Å². The Morgan fingerprint density at radius 2 is 2.14 bits per heavy atom. The third-order valence-corrected chi connectivity index (χ3v) is 3.72. The number of hydrogen-bond donors (Lipinski definition) is 1. The molecular weight excluding hydrogens is 176 g/mol. The molecule has 1 saturated carbocycles. The fourth-order valence-corrected chi connectivity index (χ4v) is 2.73. The van der Waals surface area contributed by atoms with E-state index in [0.717, 1.165) is 25.9 Å². The summed E-state index contributed by atoms with van der Waals surface area (Å²) in [5.41, 5.74) is 5.80. The van der Waals surface area contributed by atoms with Crippen molar-refractivity contribution in [1.29, 1.82) is 0 Å². The zero-order valence-electron chi connectivity index (χ0n) is 8.91. The largest absolute Gasteiger partial charge is 0.341 e. The molecule has 0 aromatic heterocycles. The molecule has 3 unspecified atom stereocenters. The molecule has 2 aliphatic rings. The molecule has 1 saturated heterocycles. The fourth-order valence-electron chi connectivity index (χ4n) is 2.73. The second kappa shape index (κ2) is 3.89. The number of nitrogens with two attached hydrogens (primary N) is 1. The van der Waals surface area contributed by atoms with E-state index in [1.54, 1.807) is 0 Å². The van der Waals surface area contributed by atoms with Gasteiger partial charge in [-0.15, -0.1) is 0 Å². The maximum absolute atomic E-state index is 12.1. The number of nitrogens with zero attached hydrogens (tertiary/aromatic N) is 1. The van der Waals surface area contributed by atoms with Crippen molar-refractivity contribution in [1.82, 2.24) is 4.90 Å². The molecule has 3 heteroatoms. The highest BCUT2D eigenvalue weighted by Gasteiger charge is 2.34. The topological polar surface area (TPSA) is 46.3 Å². The Kier molecular flexibility index (Phi) is 2.77. The van der Waals surface area contributed by atoms with Crippen LogP contribution >= 0.6 is 0 Å². The predicted molar refractivity (Wildman–Crippen MR) is 55.7 cm³/mol. The summed E-state index contributed by atoms with van der Waals surface area (Å²) >= 11 is 0. The lowest BCUT2D eigenvalue weighted by Crippen LogP contribution is -2.37. The molecule has 2 fully saturated rings. The summed E-state index contributed by atoms with van der Waals surface area (Å²) in [6.45, 7) is 3.86. The summed E-state index contributed by atoms with van der Waals surface area (Å²) in [6, 6.07) is 0.218. The molecule has 3 atom stereocenters. The summed E-state index contributed by atoms with van der Waals surface area (Å²) in [7, 11) is 0. The highest BCUT2D eigenvalue weighted by atomic mass is 16.2. The van der Waals surface area contributed by atoms with Crippen molar-refractivity contribution < 1.29 is 4.79 Å². The molecule has 1 amide bonds. The summed E-state index contributed by atoms with van der Waals surface area (Å²) in [6.07, 6.45) is 4.51. The Morgan fingerprint density at radius 1 is 1.36 bits per heavy atom. The first kappa shape index (κ1) is 9.97. The van der Waals surface area contributed by atoms with Crippen molar-refractivity contribution >= 4 is 5.91 Å². The highest BCUT2D eigenvalue weighted by molar-refractivity contribution is 5.79. The minimum atomic E-state index is 0.218. The van der Waals surface area contributed by atoms with Gasteiger partial charge in [0.05, 0.1) is 0 Å². The van der Waals surface area contributed by atoms with Crippen LogP contribution in [-0.2, 0) is 4.79 Å². The number of hydrogen-bond acceptors (Lipinski definition) is 2. The number of rotatable bonds is 1. The first-order chi connectivity index (χ1) is 6.68. The number of carbonyl (C=O) groups is 1. The van der Waals surface area contributed by atoms with E-state index in [2.05, 4.69) is 6.92 Å². The van der Waals surface area contributed by atoms with Gasteiger partial charge in [0.25, 0.3) is 0 Å². The molecule has 0 aromatic carbocycles. The number of likely N-dealkylation sites (tertiary alicyclic amines) is 1. The van der Waals surface area contributed by atoms with Gasteiger partial charge < -0.3 is 10.6 Å². The van der Waals surface area contributed by atoms with Gasteiger partial charge in [0, 0.05) is 25.0 Å². The molecule has 2 N–H and O–H groups in total. The van der Waals surface area contributed by atoms with Gasteiger partial charge in [0.15, 0.2) is 0 Å². The minimum Gasteiger partial charge on any atom is -0.341 e. The van der Waals surface area contributed by atoms with E-state index in [4.69, 9.17) is 5.73 Å². The van der Waals surface area contributed by atoms with E-state index < -0.39 is 0 Å². The smallest absolute Gasteiger partial charge is 0.226 e. The SMILES string of the molecule is CC1CCCC1C(=O)N1CCC(N)C1. The molecule has 0 bridgehead atoms. The second-order valence-corrected chi connectivity index (χ2v) is 4.85. The van der Waals surface area contributed by atoms with Crippen molar-refractivity contribution in [2.24, 2.45) is 17.6 Å². The molecule has 1 aliphatic carbocycles. The maximum atomic E-state index is 12.1. The quantitative estimate of drug-likeness (QED) is 0.679. The molecule has 1 heterocycles. The van der Waals surface area contributed by atoms with Crippen LogP contribution in [0.4, 0.5) is 0 Å². The van der Waals surface area contributed by atoms with Gasteiger partial charge >= 0.3 is 0 Å². The van der Waals surface area contributed by atoms with Crippen LogP contribution in [0.5, 0.6) is 0 Å². The van der Waals surface area contributed by atoms with Crippen LogP contribution in [-0.4, -0.2) is 29.9 Å². The average Bonchev–Trinajstić information content (AvgIpc) is 2.73. The fraction of sp³-hybridized carbons (Fsp3) is 0.909. The molecule has 1 aliphatic heterocycles. The Hall–Kier alpha value is -0.570. The molecule has 0 radical (unpaired) electrons. The zero-order chi connectivity index (χ0) is 10.1. The van der Waals surface area contributed by atoms with Gasteiger partial charge in [-0.3, -0.25) is 4.79 Å². The third-order valence-electron chi connectivity index (χ3n) is 3.72. The Balaban J connectivity index is 1.94. The first-order valence-corrected chi connectivity index (χ1v) is 5.73. The lowest BCUT2D eigenvalue weighted by Gasteiger charge is -2.22. The lowest BCUT2D eigenvalue weighted by atomic mass is 9.97. The normalized spacial score (nSPS) is 37.9. The minimum absolute atomic E-state index is 0.218. The van der Waals surface area contributed by atoms with Crippen molar-refractivity contribution in [3.63, 3.8) is 0 Å². The summed E-state index contributed by atoms with van der Waals surface area (Å²) < 4.78 is 0. The Morgan fingerprint density at radius 3 is 2.64 bits per heavy atom. The lowest BCUT2D eigenvalue weighted by molar-refractivity contribution is -0.135. The van der Waals surface area contributed by atoms with Crippen LogP contribution < -0.4 is 5.73 Å². The molecule has 14 heavy (non-hydrogen) atoms. The summed E-state index contributed by atoms with van der Waals surface area (Å²) in [5.74, 6) is 1.24. The van der Waals surface area contributed by atoms with Crippen molar-refractivity contribution in [2.75, 3.05) is 13.1 Å². The van der Waals surface area contributed by atoms with Gasteiger partial charge in [-0.05, 0) is 25.2 Å². The van der Waals surface area contributed by atoms with E-state index in [9.17, 15) is 4.79 Å². The van der Waals surface area contributed by atoms with Crippen LogP contribution in [0.1, 0.15) is 32.6 Å². The predicted octanol–water partition coefficient (Wildman–Crippen LogP) is 0.982. The van der Waals surface area contributed by atoms with Crippen molar-refractivity contribution in [3.8, 4) is 0 Å². The molecule has 0 aromatic rings. The van der Waals surface area contributed by atoms with Crippen molar-refractivity contribution in [2.45, 2.75) is 38.6 Å². The van der Waals surface area contributed by atoms with Crippen LogP contribution in [0.25, 0.3) is 0 Å². The summed E-state index contributed by atoms with van der Waals surface area (Å²) in [4.78, 5) is 14.0. The standard InChI is InChI=1S/C11H20N2O/c1-8-3-2-4-10(8)11(14)13-6-5-9(12)7-13/h8-10H,2-7,12H2,1H3. The van der Waals surface area contributed by atoms with Gasteiger partial charge in [-0.25, -0.2) is 0 Å². The molecule has 2 rings (SSSR count). The van der Waals surface area contributed by atoms with E-state index in [0.29, 0.717) is 17.7 Å². The molecule has 0 spiro atoms. The van der Waals surface area contributed by atoms with Gasteiger partial charge in [-0.2, -0.15) is 0 Å². The van der Waals surface area contributed by atoms with E-state index in [1.165, 1.54) is 12.8 Å². The van der Waals surface area contributed by atoms with Crippen molar-refractivity contribution in [3.05, 3.63) is 0 Å². The van der Waals surface area contributed by atoms with Gasteiger partial charge in [0.1, 0.15) is 0 Å². The van der Waals surface area contributed by atoms with Crippen LogP contribution in [0.15, 0.2) is 0 Å². The third kappa shape index (κ3) is 1.78. The summed E-state index contributed by atoms with van der Waals surface area (Å²) in [5, 5.41) is 0. The number of carbonyl (C=O) groups excluding carboxylic acids is 1. The first-order valence-electron chi connectivity index (χ1n) is 5.73. The number of amides is 1. The van der Waals surface area contributed by atoms with Gasteiger partial charge in [0.2, 0.25) is 5.91 Å². The average molecular weight is 196 g/mol. The monoisotopic (exact) mass is 196 g/mol. The van der Waals surface area contributed by atoms with Gasteiger partial charge in [-0.1, -0.05) is 13.3 Å². The second-order valence-electron chi connectivity index (χ2n) is 4.85. The molecular formula is C11H20N2O. The Bertz CT molecular complexity index is 229. The molecule has 80 valence electrons.